The van der Waals surface area contributed by atoms with Crippen LogP contribution in [0, 0.1) is 5.92 Å². The number of thiazole rings is 1. The summed E-state index contributed by atoms with van der Waals surface area (Å²) in [7, 11) is 0. The van der Waals surface area contributed by atoms with Gasteiger partial charge < -0.3 is 16.4 Å². The monoisotopic (exact) mass is 416 g/mol. The van der Waals surface area contributed by atoms with E-state index in [2.05, 4.69) is 15.6 Å². The quantitative estimate of drug-likeness (QED) is 0.644. The van der Waals surface area contributed by atoms with Crippen LogP contribution in [0.2, 0.25) is 5.02 Å². The van der Waals surface area contributed by atoms with Gasteiger partial charge in [0.05, 0.1) is 15.6 Å². The molecular formula is C17H22Cl2N4O2S. The van der Waals surface area contributed by atoms with Crippen LogP contribution in [0.3, 0.4) is 0 Å². The van der Waals surface area contributed by atoms with Crippen molar-refractivity contribution in [2.45, 2.75) is 20.3 Å². The van der Waals surface area contributed by atoms with E-state index >= 15 is 0 Å². The maximum Gasteiger partial charge on any atom is 0.275 e. The highest BCUT2D eigenvalue weighted by Gasteiger charge is 2.14. The summed E-state index contributed by atoms with van der Waals surface area (Å²) >= 11 is 7.57. The number of benzene rings is 1. The van der Waals surface area contributed by atoms with Gasteiger partial charge in [-0.1, -0.05) is 25.4 Å². The van der Waals surface area contributed by atoms with E-state index in [1.807, 2.05) is 13.8 Å². The van der Waals surface area contributed by atoms with E-state index in [0.29, 0.717) is 42.4 Å². The number of rotatable bonds is 7. The fourth-order valence-corrected chi connectivity index (χ4v) is 3.08. The number of carbonyl (C=O) groups is 2. The Morgan fingerprint density at radius 2 is 2.04 bits per heavy atom. The molecule has 0 radical (unpaired) electrons. The average molecular weight is 417 g/mol. The topological polar surface area (TPSA) is 97.1 Å². The van der Waals surface area contributed by atoms with Gasteiger partial charge >= 0.3 is 0 Å². The molecule has 2 amide bonds. The van der Waals surface area contributed by atoms with Crippen LogP contribution < -0.4 is 16.4 Å². The van der Waals surface area contributed by atoms with Gasteiger partial charge in [-0.2, -0.15) is 0 Å². The van der Waals surface area contributed by atoms with Gasteiger partial charge in [-0.25, -0.2) is 4.98 Å². The molecule has 26 heavy (non-hydrogen) atoms. The molecule has 1 aromatic carbocycles. The van der Waals surface area contributed by atoms with Crippen molar-refractivity contribution >= 4 is 52.8 Å². The van der Waals surface area contributed by atoms with Crippen molar-refractivity contribution in [1.82, 2.24) is 10.3 Å². The third-order valence-corrected chi connectivity index (χ3v) is 4.51. The molecule has 0 spiro atoms. The Balaban J connectivity index is 0.00000338. The van der Waals surface area contributed by atoms with Gasteiger partial charge in [-0.15, -0.1) is 23.7 Å². The molecule has 2 aromatic rings. The summed E-state index contributed by atoms with van der Waals surface area (Å²) in [6.45, 7) is 5.09. The van der Waals surface area contributed by atoms with Crippen LogP contribution in [-0.2, 0) is 6.42 Å². The highest BCUT2D eigenvalue weighted by atomic mass is 35.5. The zero-order valence-corrected chi connectivity index (χ0v) is 16.9. The number of carbonyl (C=O) groups excluding carboxylic acids is 2. The summed E-state index contributed by atoms with van der Waals surface area (Å²) in [6, 6.07) is 4.78. The van der Waals surface area contributed by atoms with Crippen molar-refractivity contribution in [2.75, 3.05) is 18.4 Å². The minimum atomic E-state index is -0.326. The number of aromatic nitrogens is 1. The van der Waals surface area contributed by atoms with Gasteiger partial charge in [0.15, 0.2) is 0 Å². The summed E-state index contributed by atoms with van der Waals surface area (Å²) in [5, 5.41) is 8.33. The summed E-state index contributed by atoms with van der Waals surface area (Å²) in [5.74, 6) is -0.210. The van der Waals surface area contributed by atoms with Crippen LogP contribution in [-0.4, -0.2) is 29.9 Å². The molecule has 0 atom stereocenters. The van der Waals surface area contributed by atoms with Crippen molar-refractivity contribution in [3.63, 3.8) is 0 Å². The lowest BCUT2D eigenvalue weighted by Gasteiger charge is -2.10. The molecule has 6 nitrogen and oxygen atoms in total. The lowest BCUT2D eigenvalue weighted by Crippen LogP contribution is -2.27. The maximum absolute atomic E-state index is 12.2. The van der Waals surface area contributed by atoms with E-state index in [-0.39, 0.29) is 29.2 Å². The normalized spacial score (nSPS) is 10.3. The van der Waals surface area contributed by atoms with Crippen LogP contribution in [0.1, 0.15) is 39.7 Å². The molecule has 0 saturated carbocycles. The van der Waals surface area contributed by atoms with Gasteiger partial charge in [0, 0.05) is 24.0 Å². The standard InChI is InChI=1S/C17H21ClN4O2S.ClH/c1-10(2)8-20-16(23)12-4-3-11(7-13(12)18)21-17(24)14-9-25-15(22-14)5-6-19;/h3-4,7,9-10H,5-6,8,19H2,1-2H3,(H,20,23)(H,21,24);1H. The summed E-state index contributed by atoms with van der Waals surface area (Å²) in [5.41, 5.74) is 6.70. The fraction of sp³-hybridized carbons (Fsp3) is 0.353. The number of nitrogens with two attached hydrogens (primary N) is 1. The highest BCUT2D eigenvalue weighted by molar-refractivity contribution is 7.09. The molecule has 1 heterocycles. The minimum absolute atomic E-state index is 0. The second-order valence-electron chi connectivity index (χ2n) is 5.92. The van der Waals surface area contributed by atoms with E-state index in [1.165, 1.54) is 11.3 Å². The zero-order chi connectivity index (χ0) is 18.4. The predicted molar refractivity (Wildman–Crippen MR) is 109 cm³/mol. The lowest BCUT2D eigenvalue weighted by atomic mass is 10.1. The van der Waals surface area contributed by atoms with Gasteiger partial charge in [0.2, 0.25) is 0 Å². The lowest BCUT2D eigenvalue weighted by molar-refractivity contribution is 0.0948. The van der Waals surface area contributed by atoms with Crippen LogP contribution in [0.5, 0.6) is 0 Å². The van der Waals surface area contributed by atoms with Crippen LogP contribution >= 0.6 is 35.3 Å². The van der Waals surface area contributed by atoms with Gasteiger partial charge in [-0.05, 0) is 30.7 Å². The molecule has 0 unspecified atom stereocenters. The Bertz CT molecular complexity index is 765. The number of anilines is 1. The second-order valence-corrected chi connectivity index (χ2v) is 7.27. The smallest absolute Gasteiger partial charge is 0.275 e. The van der Waals surface area contributed by atoms with Crippen LogP contribution in [0.4, 0.5) is 5.69 Å². The van der Waals surface area contributed by atoms with Crippen molar-refractivity contribution in [3.8, 4) is 0 Å². The van der Waals surface area contributed by atoms with E-state index in [0.717, 1.165) is 5.01 Å². The molecule has 0 aliphatic heterocycles. The third kappa shape index (κ3) is 6.25. The Hall–Kier alpha value is -1.67. The highest BCUT2D eigenvalue weighted by Crippen LogP contribution is 2.22. The SMILES string of the molecule is CC(C)CNC(=O)c1ccc(NC(=O)c2csc(CCN)n2)cc1Cl.Cl. The Morgan fingerprint density at radius 3 is 2.65 bits per heavy atom. The first-order chi connectivity index (χ1) is 11.9. The Morgan fingerprint density at radius 1 is 1.31 bits per heavy atom. The van der Waals surface area contributed by atoms with Gasteiger partial charge in [0.25, 0.3) is 11.8 Å². The zero-order valence-electron chi connectivity index (χ0n) is 14.5. The largest absolute Gasteiger partial charge is 0.352 e. The molecule has 0 bridgehead atoms. The van der Waals surface area contributed by atoms with Gasteiger partial charge in [-0.3, -0.25) is 9.59 Å². The summed E-state index contributed by atoms with van der Waals surface area (Å²) < 4.78 is 0. The molecule has 142 valence electrons. The number of halogens is 2. The molecule has 2 rings (SSSR count). The third-order valence-electron chi connectivity index (χ3n) is 3.29. The average Bonchev–Trinajstić information content (AvgIpc) is 3.02. The molecule has 0 fully saturated rings. The van der Waals surface area contributed by atoms with E-state index in [1.54, 1.807) is 23.6 Å². The molecule has 1 aromatic heterocycles. The molecule has 9 heteroatoms. The number of nitrogens with zero attached hydrogens (tertiary/aromatic N) is 1. The predicted octanol–water partition coefficient (Wildman–Crippen LogP) is 3.36. The van der Waals surface area contributed by atoms with Crippen LogP contribution in [0.15, 0.2) is 23.6 Å². The number of hydrogen-bond acceptors (Lipinski definition) is 5. The van der Waals surface area contributed by atoms with Crippen molar-refractivity contribution in [3.05, 3.63) is 44.9 Å². The van der Waals surface area contributed by atoms with E-state index in [9.17, 15) is 9.59 Å². The number of amides is 2. The van der Waals surface area contributed by atoms with E-state index in [4.69, 9.17) is 17.3 Å². The first-order valence-corrected chi connectivity index (χ1v) is 9.20. The molecule has 0 aliphatic carbocycles. The Labute approximate surface area is 167 Å². The number of hydrogen-bond donors (Lipinski definition) is 3. The fourth-order valence-electron chi connectivity index (χ4n) is 2.02. The molecule has 0 aliphatic rings. The second kappa shape index (κ2) is 10.5. The molecular weight excluding hydrogens is 395 g/mol. The van der Waals surface area contributed by atoms with Crippen molar-refractivity contribution in [2.24, 2.45) is 11.7 Å². The molecule has 0 saturated heterocycles. The summed E-state index contributed by atoms with van der Waals surface area (Å²) in [4.78, 5) is 28.5. The van der Waals surface area contributed by atoms with Crippen molar-refractivity contribution in [1.29, 1.82) is 0 Å². The summed E-state index contributed by atoms with van der Waals surface area (Å²) in [6.07, 6.45) is 0.643. The van der Waals surface area contributed by atoms with Gasteiger partial charge in [0.1, 0.15) is 5.69 Å². The maximum atomic E-state index is 12.2. The number of nitrogens with one attached hydrogen (secondary N) is 2. The first kappa shape index (κ1) is 22.4. The van der Waals surface area contributed by atoms with E-state index < -0.39 is 0 Å². The Kier molecular flexibility index (Phi) is 9.01. The van der Waals surface area contributed by atoms with Crippen molar-refractivity contribution < 1.29 is 9.59 Å². The van der Waals surface area contributed by atoms with Crippen LogP contribution in [0.25, 0.3) is 0 Å². The molecule has 4 N–H and O–H groups in total. The minimum Gasteiger partial charge on any atom is -0.352 e. The first-order valence-electron chi connectivity index (χ1n) is 7.94.